The van der Waals surface area contributed by atoms with E-state index < -0.39 is 15.1 Å². The van der Waals surface area contributed by atoms with Crippen molar-refractivity contribution in [2.75, 3.05) is 18.8 Å². The molecule has 1 aliphatic heterocycles. The third-order valence-electron chi connectivity index (χ3n) is 3.66. The van der Waals surface area contributed by atoms with Crippen LogP contribution in [-0.4, -0.2) is 38.1 Å². The summed E-state index contributed by atoms with van der Waals surface area (Å²) >= 11 is 2.94. The Morgan fingerprint density at radius 1 is 1.24 bits per heavy atom. The number of sulfone groups is 1. The largest absolute Gasteiger partial charge is 0.338 e. The maximum atomic E-state index is 12.4. The fourth-order valence-corrected chi connectivity index (χ4v) is 6.14. The van der Waals surface area contributed by atoms with Gasteiger partial charge in [0.25, 0.3) is 5.91 Å². The van der Waals surface area contributed by atoms with Crippen molar-refractivity contribution < 1.29 is 13.2 Å². The molecule has 0 bridgehead atoms. The minimum absolute atomic E-state index is 0.0332. The lowest BCUT2D eigenvalue weighted by molar-refractivity contribution is 0.0767. The zero-order valence-electron chi connectivity index (χ0n) is 11.3. The highest BCUT2D eigenvalue weighted by Gasteiger charge is 2.33. The second kappa shape index (κ2) is 5.90. The van der Waals surface area contributed by atoms with Crippen LogP contribution in [0.25, 0.3) is 0 Å². The van der Waals surface area contributed by atoms with Gasteiger partial charge in [-0.1, -0.05) is 6.07 Å². The summed E-state index contributed by atoms with van der Waals surface area (Å²) in [5.74, 6) is -0.0379. The number of amides is 1. The highest BCUT2D eigenvalue weighted by Crippen LogP contribution is 2.32. The van der Waals surface area contributed by atoms with Gasteiger partial charge in [0.1, 0.15) is 0 Å². The van der Waals surface area contributed by atoms with Gasteiger partial charge in [0.05, 0.1) is 16.6 Å². The first-order chi connectivity index (χ1) is 10.1. The van der Waals surface area contributed by atoms with Crippen molar-refractivity contribution >= 4 is 38.4 Å². The molecule has 0 radical (unpaired) electrons. The highest BCUT2D eigenvalue weighted by atomic mass is 32.2. The Bertz CT molecular complexity index is 705. The van der Waals surface area contributed by atoms with E-state index in [0.717, 1.165) is 4.88 Å². The quantitative estimate of drug-likeness (QED) is 0.844. The number of nitrogens with zero attached hydrogens (tertiary/aromatic N) is 1. The van der Waals surface area contributed by atoms with Crippen LogP contribution in [0.15, 0.2) is 34.3 Å². The molecule has 1 saturated heterocycles. The van der Waals surface area contributed by atoms with E-state index in [0.29, 0.717) is 18.5 Å². The molecular weight excluding hydrogens is 326 g/mol. The zero-order valence-corrected chi connectivity index (χ0v) is 13.7. The molecule has 0 aliphatic carbocycles. The van der Waals surface area contributed by atoms with E-state index in [1.54, 1.807) is 16.3 Å². The first-order valence-electron chi connectivity index (χ1n) is 6.64. The van der Waals surface area contributed by atoms with Crippen molar-refractivity contribution in [3.63, 3.8) is 0 Å². The van der Waals surface area contributed by atoms with Crippen molar-refractivity contribution in [2.45, 2.75) is 11.7 Å². The third-order valence-corrected chi connectivity index (χ3v) is 7.58. The number of hydrogen-bond acceptors (Lipinski definition) is 5. The summed E-state index contributed by atoms with van der Waals surface area (Å²) in [7, 11) is -3.20. The van der Waals surface area contributed by atoms with Crippen molar-refractivity contribution in [3.05, 3.63) is 44.8 Å². The van der Waals surface area contributed by atoms with E-state index in [4.69, 9.17) is 0 Å². The van der Waals surface area contributed by atoms with Gasteiger partial charge in [-0.3, -0.25) is 4.79 Å². The van der Waals surface area contributed by atoms with E-state index >= 15 is 0 Å². The van der Waals surface area contributed by atoms with Crippen LogP contribution in [0.4, 0.5) is 0 Å². The number of rotatable bonds is 2. The molecule has 7 heteroatoms. The molecule has 112 valence electrons. The Kier molecular flexibility index (Phi) is 4.14. The van der Waals surface area contributed by atoms with Crippen LogP contribution in [0, 0.1) is 0 Å². The molecule has 2 aromatic heterocycles. The van der Waals surface area contributed by atoms with Gasteiger partial charge in [0, 0.05) is 23.3 Å². The van der Waals surface area contributed by atoms with Gasteiger partial charge < -0.3 is 4.90 Å². The monoisotopic (exact) mass is 341 g/mol. The van der Waals surface area contributed by atoms with Gasteiger partial charge in [-0.25, -0.2) is 8.42 Å². The summed E-state index contributed by atoms with van der Waals surface area (Å²) in [6.07, 6.45) is 0.471. The minimum atomic E-state index is -3.20. The SMILES string of the molecule is O=C(c1ccsc1)N1CC[C@@H](c2cccs2)S(=O)(=O)CC1. The second-order valence-electron chi connectivity index (χ2n) is 4.96. The molecule has 21 heavy (non-hydrogen) atoms. The number of carbonyl (C=O) groups excluding carboxylic acids is 1. The number of thiophene rings is 2. The molecule has 3 heterocycles. The normalized spacial score (nSPS) is 21.9. The summed E-state index contributed by atoms with van der Waals surface area (Å²) in [5, 5.41) is 5.08. The smallest absolute Gasteiger partial charge is 0.254 e. The van der Waals surface area contributed by atoms with Crippen LogP contribution in [0.5, 0.6) is 0 Å². The first kappa shape index (κ1) is 14.7. The molecule has 1 atom stereocenters. The average molecular weight is 341 g/mol. The van der Waals surface area contributed by atoms with Gasteiger partial charge in [-0.15, -0.1) is 11.3 Å². The van der Waals surface area contributed by atoms with E-state index in [9.17, 15) is 13.2 Å². The molecule has 0 saturated carbocycles. The summed E-state index contributed by atoms with van der Waals surface area (Å²) in [5.41, 5.74) is 0.645. The Morgan fingerprint density at radius 3 is 2.76 bits per heavy atom. The van der Waals surface area contributed by atoms with Crippen molar-refractivity contribution in [3.8, 4) is 0 Å². The highest BCUT2D eigenvalue weighted by molar-refractivity contribution is 7.91. The molecule has 4 nitrogen and oxygen atoms in total. The van der Waals surface area contributed by atoms with E-state index in [2.05, 4.69) is 0 Å². The molecule has 1 amide bonds. The second-order valence-corrected chi connectivity index (χ2v) is 9.03. The maximum absolute atomic E-state index is 12.4. The first-order valence-corrected chi connectivity index (χ1v) is 10.2. The summed E-state index contributed by atoms with van der Waals surface area (Å²) < 4.78 is 24.9. The molecule has 3 rings (SSSR count). The molecule has 0 aromatic carbocycles. The van der Waals surface area contributed by atoms with E-state index in [1.807, 2.05) is 22.9 Å². The average Bonchev–Trinajstić information content (AvgIpc) is 3.12. The van der Waals surface area contributed by atoms with Gasteiger partial charge in [0.2, 0.25) is 0 Å². The maximum Gasteiger partial charge on any atom is 0.254 e. The lowest BCUT2D eigenvalue weighted by Crippen LogP contribution is -2.33. The molecule has 0 spiro atoms. The lowest BCUT2D eigenvalue weighted by Gasteiger charge is -2.19. The summed E-state index contributed by atoms with van der Waals surface area (Å²) in [6, 6.07) is 5.51. The van der Waals surface area contributed by atoms with Crippen LogP contribution in [0.3, 0.4) is 0 Å². The molecule has 1 aliphatic rings. The van der Waals surface area contributed by atoms with Gasteiger partial charge in [0.15, 0.2) is 9.84 Å². The number of carbonyl (C=O) groups is 1. The zero-order chi connectivity index (χ0) is 14.9. The van der Waals surface area contributed by atoms with Crippen LogP contribution >= 0.6 is 22.7 Å². The summed E-state index contributed by atoms with van der Waals surface area (Å²) in [4.78, 5) is 14.9. The van der Waals surface area contributed by atoms with Gasteiger partial charge in [-0.2, -0.15) is 11.3 Å². The van der Waals surface area contributed by atoms with Crippen molar-refractivity contribution in [1.29, 1.82) is 0 Å². The fourth-order valence-electron chi connectivity index (χ4n) is 2.51. The summed E-state index contributed by atoms with van der Waals surface area (Å²) in [6.45, 7) is 0.759. The van der Waals surface area contributed by atoms with E-state index in [-0.39, 0.29) is 18.2 Å². The van der Waals surface area contributed by atoms with Crippen LogP contribution < -0.4 is 0 Å². The molecule has 2 aromatic rings. The van der Waals surface area contributed by atoms with Crippen LogP contribution in [-0.2, 0) is 9.84 Å². The minimum Gasteiger partial charge on any atom is -0.338 e. The molecule has 0 unspecified atom stereocenters. The molecule has 1 fully saturated rings. The fraction of sp³-hybridized carbons (Fsp3) is 0.357. The van der Waals surface area contributed by atoms with E-state index in [1.165, 1.54) is 22.7 Å². The van der Waals surface area contributed by atoms with Crippen molar-refractivity contribution in [1.82, 2.24) is 4.90 Å². The lowest BCUT2D eigenvalue weighted by atomic mass is 10.2. The predicted molar refractivity (Wildman–Crippen MR) is 85.7 cm³/mol. The van der Waals surface area contributed by atoms with Gasteiger partial charge >= 0.3 is 0 Å². The van der Waals surface area contributed by atoms with Crippen LogP contribution in [0.1, 0.15) is 26.9 Å². The number of hydrogen-bond donors (Lipinski definition) is 0. The third kappa shape index (κ3) is 3.04. The Hall–Kier alpha value is -1.18. The molecular formula is C14H15NO3S3. The molecule has 0 N–H and O–H groups in total. The Balaban J connectivity index is 1.81. The predicted octanol–water partition coefficient (Wildman–Crippen LogP) is 2.81. The van der Waals surface area contributed by atoms with Crippen LogP contribution in [0.2, 0.25) is 0 Å². The van der Waals surface area contributed by atoms with Gasteiger partial charge in [-0.05, 0) is 29.3 Å². The Labute approximate surface area is 131 Å². The standard InChI is InChI=1S/C14H15NO3S3/c16-14(11-4-8-19-10-11)15-5-3-13(12-2-1-7-20-12)21(17,18)9-6-15/h1-2,4,7-8,10,13H,3,5-6,9H2/t13-/m0/s1. The topological polar surface area (TPSA) is 54.5 Å². The van der Waals surface area contributed by atoms with Crippen molar-refractivity contribution in [2.24, 2.45) is 0 Å². The Morgan fingerprint density at radius 2 is 2.10 bits per heavy atom.